The van der Waals surface area contributed by atoms with E-state index in [1.807, 2.05) is 24.3 Å². The van der Waals surface area contributed by atoms with Gasteiger partial charge in [-0.05, 0) is 37.8 Å². The molecule has 3 rings (SSSR count). The normalized spacial score (nSPS) is 29.8. The van der Waals surface area contributed by atoms with E-state index in [1.165, 1.54) is 12.8 Å². The third-order valence-corrected chi connectivity index (χ3v) is 4.18. The summed E-state index contributed by atoms with van der Waals surface area (Å²) < 4.78 is 0. The first kappa shape index (κ1) is 11.5. The average molecular weight is 239 g/mol. The van der Waals surface area contributed by atoms with Gasteiger partial charge in [-0.3, -0.25) is 4.79 Å². The van der Waals surface area contributed by atoms with Crippen LogP contribution in [0, 0.1) is 18.3 Å². The number of rotatable bonds is 2. The predicted octanol–water partition coefficient (Wildman–Crippen LogP) is 2.38. The Bertz CT molecular complexity index is 485. The lowest BCUT2D eigenvalue weighted by Crippen LogP contribution is -2.40. The van der Waals surface area contributed by atoms with E-state index < -0.39 is 0 Å². The van der Waals surface area contributed by atoms with Crippen molar-refractivity contribution in [3.63, 3.8) is 0 Å². The minimum Gasteiger partial charge on any atom is -0.311 e. The Morgan fingerprint density at radius 3 is 2.33 bits per heavy atom. The van der Waals surface area contributed by atoms with Crippen LogP contribution in [0.5, 0.6) is 0 Å². The molecule has 2 unspecified atom stereocenters. The fourth-order valence-electron chi connectivity index (χ4n) is 3.24. The van der Waals surface area contributed by atoms with Gasteiger partial charge in [0, 0.05) is 29.1 Å². The van der Waals surface area contributed by atoms with Crippen LogP contribution in [-0.4, -0.2) is 17.9 Å². The largest absolute Gasteiger partial charge is 0.311 e. The molecule has 2 saturated heterocycles. The number of nitrogens with one attached hydrogen (secondary N) is 1. The molecule has 2 fully saturated rings. The molecule has 2 nitrogen and oxygen atoms in total. The van der Waals surface area contributed by atoms with E-state index in [4.69, 9.17) is 6.42 Å². The van der Waals surface area contributed by atoms with Crippen molar-refractivity contribution < 1.29 is 4.79 Å². The summed E-state index contributed by atoms with van der Waals surface area (Å²) >= 11 is 0. The number of Topliss-reactive ketones (excluding diaryl/α,β-unsaturated/α-hetero) is 1. The Morgan fingerprint density at radius 2 is 1.78 bits per heavy atom. The quantitative estimate of drug-likeness (QED) is 0.634. The van der Waals surface area contributed by atoms with Crippen molar-refractivity contribution in [2.24, 2.45) is 5.92 Å². The van der Waals surface area contributed by atoms with Gasteiger partial charge in [-0.25, -0.2) is 0 Å². The van der Waals surface area contributed by atoms with Crippen LogP contribution in [-0.2, 0) is 0 Å². The predicted molar refractivity (Wildman–Crippen MR) is 71.4 cm³/mol. The van der Waals surface area contributed by atoms with Crippen LogP contribution >= 0.6 is 0 Å². The van der Waals surface area contributed by atoms with Crippen molar-refractivity contribution in [1.82, 2.24) is 5.32 Å². The highest BCUT2D eigenvalue weighted by Crippen LogP contribution is 2.32. The van der Waals surface area contributed by atoms with Crippen LogP contribution in [0.4, 0.5) is 0 Å². The van der Waals surface area contributed by atoms with Gasteiger partial charge in [-0.2, -0.15) is 0 Å². The van der Waals surface area contributed by atoms with Crippen LogP contribution in [0.2, 0.25) is 0 Å². The molecule has 2 aliphatic heterocycles. The first-order valence-electron chi connectivity index (χ1n) is 6.63. The van der Waals surface area contributed by atoms with Gasteiger partial charge in [0.05, 0.1) is 0 Å². The molecule has 92 valence electrons. The lowest BCUT2D eigenvalue weighted by molar-refractivity contribution is 0.0875. The molecule has 2 heterocycles. The van der Waals surface area contributed by atoms with Crippen molar-refractivity contribution in [2.45, 2.75) is 37.8 Å². The molecular formula is C16H17NO. The Morgan fingerprint density at radius 1 is 1.17 bits per heavy atom. The van der Waals surface area contributed by atoms with Crippen molar-refractivity contribution in [3.05, 3.63) is 35.4 Å². The first-order valence-corrected chi connectivity index (χ1v) is 6.63. The van der Waals surface area contributed by atoms with E-state index in [9.17, 15) is 4.79 Å². The molecule has 0 radical (unpaired) electrons. The second kappa shape index (κ2) is 4.59. The van der Waals surface area contributed by atoms with Crippen molar-refractivity contribution in [1.29, 1.82) is 0 Å². The fourth-order valence-corrected chi connectivity index (χ4v) is 3.24. The van der Waals surface area contributed by atoms with Crippen LogP contribution in [0.1, 0.15) is 41.6 Å². The van der Waals surface area contributed by atoms with Gasteiger partial charge in [0.2, 0.25) is 0 Å². The SMILES string of the molecule is C#Cc1ccc(C(=O)C2CC3CCC(C2)N3)cc1. The van der Waals surface area contributed by atoms with Crippen LogP contribution in [0.3, 0.4) is 0 Å². The van der Waals surface area contributed by atoms with Gasteiger partial charge in [-0.1, -0.05) is 18.1 Å². The Balaban J connectivity index is 1.76. The average Bonchev–Trinajstić information content (AvgIpc) is 2.77. The third-order valence-electron chi connectivity index (χ3n) is 4.18. The van der Waals surface area contributed by atoms with Gasteiger partial charge in [0.25, 0.3) is 0 Å². The van der Waals surface area contributed by atoms with E-state index in [2.05, 4.69) is 11.2 Å². The Hall–Kier alpha value is -1.59. The number of benzene rings is 1. The van der Waals surface area contributed by atoms with Gasteiger partial charge >= 0.3 is 0 Å². The molecule has 2 atom stereocenters. The molecule has 1 N–H and O–H groups in total. The maximum atomic E-state index is 12.4. The zero-order valence-corrected chi connectivity index (χ0v) is 10.4. The van der Waals surface area contributed by atoms with Crippen molar-refractivity contribution in [2.75, 3.05) is 0 Å². The Kier molecular flexibility index (Phi) is 2.93. The molecular weight excluding hydrogens is 222 g/mol. The summed E-state index contributed by atoms with van der Waals surface area (Å²) in [5.74, 6) is 3.06. The highest BCUT2D eigenvalue weighted by atomic mass is 16.1. The molecule has 0 amide bonds. The van der Waals surface area contributed by atoms with E-state index >= 15 is 0 Å². The van der Waals surface area contributed by atoms with Gasteiger partial charge in [0.15, 0.2) is 5.78 Å². The number of terminal acetylenes is 1. The Labute approximate surface area is 108 Å². The van der Waals surface area contributed by atoms with Crippen LogP contribution in [0.25, 0.3) is 0 Å². The fraction of sp³-hybridized carbons (Fsp3) is 0.438. The summed E-state index contributed by atoms with van der Waals surface area (Å²) in [7, 11) is 0. The van der Waals surface area contributed by atoms with Crippen molar-refractivity contribution in [3.8, 4) is 12.3 Å². The molecule has 2 bridgehead atoms. The monoisotopic (exact) mass is 239 g/mol. The number of hydrogen-bond donors (Lipinski definition) is 1. The zero-order valence-electron chi connectivity index (χ0n) is 10.4. The van der Waals surface area contributed by atoms with E-state index in [-0.39, 0.29) is 11.7 Å². The van der Waals surface area contributed by atoms with Crippen LogP contribution in [0.15, 0.2) is 24.3 Å². The van der Waals surface area contributed by atoms with Gasteiger partial charge in [0.1, 0.15) is 0 Å². The number of carbonyl (C=O) groups is 1. The second-order valence-corrected chi connectivity index (χ2v) is 5.39. The number of carbonyl (C=O) groups excluding carboxylic acids is 1. The highest BCUT2D eigenvalue weighted by Gasteiger charge is 2.36. The minimum atomic E-state index is 0.195. The molecule has 1 aromatic carbocycles. The number of hydrogen-bond acceptors (Lipinski definition) is 2. The lowest BCUT2D eigenvalue weighted by Gasteiger charge is -2.28. The smallest absolute Gasteiger partial charge is 0.166 e. The van der Waals surface area contributed by atoms with Crippen LogP contribution < -0.4 is 5.32 Å². The molecule has 2 aliphatic rings. The molecule has 0 spiro atoms. The number of fused-ring (bicyclic) bond motifs is 2. The van der Waals surface area contributed by atoms with E-state index in [0.29, 0.717) is 12.1 Å². The van der Waals surface area contributed by atoms with E-state index in [0.717, 1.165) is 24.0 Å². The zero-order chi connectivity index (χ0) is 12.5. The molecule has 2 heteroatoms. The molecule has 0 aliphatic carbocycles. The topological polar surface area (TPSA) is 29.1 Å². The minimum absolute atomic E-state index is 0.195. The summed E-state index contributed by atoms with van der Waals surface area (Å²) in [5, 5.41) is 3.57. The summed E-state index contributed by atoms with van der Waals surface area (Å²) in [6, 6.07) is 8.54. The maximum absolute atomic E-state index is 12.4. The summed E-state index contributed by atoms with van der Waals surface area (Å²) in [6.45, 7) is 0. The summed E-state index contributed by atoms with van der Waals surface area (Å²) in [6.07, 6.45) is 9.76. The summed E-state index contributed by atoms with van der Waals surface area (Å²) in [5.41, 5.74) is 1.64. The number of ketones is 1. The lowest BCUT2D eigenvalue weighted by atomic mass is 9.86. The highest BCUT2D eigenvalue weighted by molar-refractivity contribution is 5.98. The molecule has 1 aromatic rings. The van der Waals surface area contributed by atoms with Crippen molar-refractivity contribution >= 4 is 5.78 Å². The summed E-state index contributed by atoms with van der Waals surface area (Å²) in [4.78, 5) is 12.4. The molecule has 18 heavy (non-hydrogen) atoms. The molecule has 0 aromatic heterocycles. The standard InChI is InChI=1S/C16H17NO/c1-2-11-3-5-12(6-4-11)16(18)13-9-14-7-8-15(10-13)17-14/h1,3-6,13-15,17H,7-10H2. The maximum Gasteiger partial charge on any atom is 0.166 e. The van der Waals surface area contributed by atoms with Gasteiger partial charge in [-0.15, -0.1) is 6.42 Å². The third kappa shape index (κ3) is 2.07. The first-order chi connectivity index (χ1) is 8.76. The number of piperidine rings is 1. The van der Waals surface area contributed by atoms with Gasteiger partial charge < -0.3 is 5.32 Å². The van der Waals surface area contributed by atoms with E-state index in [1.54, 1.807) is 0 Å². The molecule has 0 saturated carbocycles. The second-order valence-electron chi connectivity index (χ2n) is 5.39.